The molecule has 0 spiro atoms. The lowest BCUT2D eigenvalue weighted by molar-refractivity contribution is 0.249. The molecule has 0 aromatic carbocycles. The van der Waals surface area contributed by atoms with Crippen molar-refractivity contribution < 1.29 is 9.18 Å². The summed E-state index contributed by atoms with van der Waals surface area (Å²) in [5.74, 6) is -0.370. The van der Waals surface area contributed by atoms with Gasteiger partial charge in [-0.25, -0.2) is 19.2 Å². The summed E-state index contributed by atoms with van der Waals surface area (Å²) in [4.78, 5) is 17.7. The summed E-state index contributed by atoms with van der Waals surface area (Å²) in [6, 6.07) is -0.615. The molecule has 0 aliphatic carbocycles. The van der Waals surface area contributed by atoms with E-state index in [0.29, 0.717) is 13.1 Å². The van der Waals surface area contributed by atoms with Crippen molar-refractivity contribution in [3.8, 4) is 0 Å². The van der Waals surface area contributed by atoms with E-state index in [9.17, 15) is 9.18 Å². The van der Waals surface area contributed by atoms with Crippen LogP contribution in [-0.2, 0) is 0 Å². The van der Waals surface area contributed by atoms with Gasteiger partial charge in [0.25, 0.3) is 0 Å². The highest BCUT2D eigenvalue weighted by atomic mass is 19.1. The van der Waals surface area contributed by atoms with E-state index in [2.05, 4.69) is 20.6 Å². The molecule has 2 amide bonds. The summed E-state index contributed by atoms with van der Waals surface area (Å²) >= 11 is 0. The van der Waals surface area contributed by atoms with Crippen LogP contribution in [0.15, 0.2) is 6.33 Å². The van der Waals surface area contributed by atoms with E-state index in [1.807, 2.05) is 0 Å². The van der Waals surface area contributed by atoms with Crippen molar-refractivity contribution in [3.63, 3.8) is 0 Å². The highest BCUT2D eigenvalue weighted by Crippen LogP contribution is 2.10. The van der Waals surface area contributed by atoms with Crippen LogP contribution in [-0.4, -0.2) is 29.1 Å². The van der Waals surface area contributed by atoms with Crippen LogP contribution in [0.4, 0.5) is 15.0 Å². The molecule has 6 nitrogen and oxygen atoms in total. The van der Waals surface area contributed by atoms with Gasteiger partial charge in [-0.05, 0) is 6.92 Å². The first-order chi connectivity index (χ1) is 7.11. The van der Waals surface area contributed by atoms with Gasteiger partial charge in [-0.2, -0.15) is 0 Å². The van der Waals surface area contributed by atoms with Crippen molar-refractivity contribution in [1.29, 1.82) is 0 Å². The molecule has 0 fully saturated rings. The third-order valence-corrected chi connectivity index (χ3v) is 1.68. The zero-order chi connectivity index (χ0) is 11.3. The van der Waals surface area contributed by atoms with E-state index in [4.69, 9.17) is 5.73 Å². The van der Waals surface area contributed by atoms with Crippen LogP contribution in [0.2, 0.25) is 0 Å². The summed E-state index contributed by atoms with van der Waals surface area (Å²) < 4.78 is 13.3. The number of primary amides is 1. The number of aryl methyl sites for hydroxylation is 1. The quantitative estimate of drug-likeness (QED) is 0.614. The number of halogens is 1. The first-order valence-electron chi connectivity index (χ1n) is 4.35. The summed E-state index contributed by atoms with van der Waals surface area (Å²) in [5, 5.41) is 5.07. The molecule has 0 aliphatic rings. The van der Waals surface area contributed by atoms with Crippen LogP contribution < -0.4 is 16.4 Å². The topological polar surface area (TPSA) is 92.9 Å². The minimum Gasteiger partial charge on any atom is -0.366 e. The van der Waals surface area contributed by atoms with E-state index in [1.54, 1.807) is 6.92 Å². The molecule has 0 saturated carbocycles. The second-order valence-corrected chi connectivity index (χ2v) is 2.84. The number of amides is 2. The Hall–Kier alpha value is -1.92. The molecule has 0 unspecified atom stereocenters. The summed E-state index contributed by atoms with van der Waals surface area (Å²) in [6.07, 6.45) is 1.27. The molecule has 15 heavy (non-hydrogen) atoms. The largest absolute Gasteiger partial charge is 0.366 e. The third kappa shape index (κ3) is 3.37. The number of carbonyl (C=O) groups excluding carboxylic acids is 1. The van der Waals surface area contributed by atoms with Gasteiger partial charge in [0.05, 0.1) is 5.69 Å². The molecule has 0 bridgehead atoms. The summed E-state index contributed by atoms with van der Waals surface area (Å²) in [5.41, 5.74) is 5.12. The van der Waals surface area contributed by atoms with Gasteiger partial charge in [-0.3, -0.25) is 0 Å². The SMILES string of the molecule is Cc1ncnc(NCCNC(N)=O)c1F. The standard InChI is InChI=1S/C8H12FN5O/c1-5-6(9)7(14-4-13-5)11-2-3-12-8(10)15/h4H,2-3H2,1H3,(H3,10,12,15)(H,11,13,14). The zero-order valence-electron chi connectivity index (χ0n) is 8.25. The Labute approximate surface area is 86.1 Å². The van der Waals surface area contributed by atoms with Crippen molar-refractivity contribution in [2.24, 2.45) is 5.73 Å². The van der Waals surface area contributed by atoms with Crippen LogP contribution in [0, 0.1) is 12.7 Å². The Kier molecular flexibility index (Phi) is 3.78. The highest BCUT2D eigenvalue weighted by molar-refractivity contribution is 5.71. The summed E-state index contributed by atoms with van der Waals surface area (Å²) in [6.45, 7) is 2.19. The van der Waals surface area contributed by atoms with Crippen molar-refractivity contribution >= 4 is 11.8 Å². The molecule has 1 rings (SSSR count). The fraction of sp³-hybridized carbons (Fsp3) is 0.375. The Morgan fingerprint density at radius 1 is 1.53 bits per heavy atom. The van der Waals surface area contributed by atoms with E-state index in [0.717, 1.165) is 0 Å². The first kappa shape index (κ1) is 11.2. The number of aromatic nitrogens is 2. The number of nitrogens with two attached hydrogens (primary N) is 1. The molecule has 1 aromatic rings. The molecule has 82 valence electrons. The third-order valence-electron chi connectivity index (χ3n) is 1.68. The van der Waals surface area contributed by atoms with Gasteiger partial charge in [0, 0.05) is 13.1 Å². The maximum Gasteiger partial charge on any atom is 0.312 e. The van der Waals surface area contributed by atoms with E-state index < -0.39 is 11.8 Å². The summed E-state index contributed by atoms with van der Waals surface area (Å²) in [7, 11) is 0. The molecule has 1 heterocycles. The minimum absolute atomic E-state index is 0.119. The molecule has 0 radical (unpaired) electrons. The molecular weight excluding hydrogens is 201 g/mol. The van der Waals surface area contributed by atoms with Gasteiger partial charge in [0.1, 0.15) is 6.33 Å². The second-order valence-electron chi connectivity index (χ2n) is 2.84. The number of hydrogen-bond acceptors (Lipinski definition) is 4. The monoisotopic (exact) mass is 213 g/mol. The molecular formula is C8H12FN5O. The van der Waals surface area contributed by atoms with E-state index in [1.165, 1.54) is 6.33 Å². The molecule has 4 N–H and O–H groups in total. The lowest BCUT2D eigenvalue weighted by atomic mass is 10.4. The van der Waals surface area contributed by atoms with E-state index in [-0.39, 0.29) is 11.5 Å². The number of carbonyl (C=O) groups is 1. The number of anilines is 1. The number of rotatable bonds is 4. The Morgan fingerprint density at radius 3 is 2.93 bits per heavy atom. The normalized spacial score (nSPS) is 9.73. The maximum atomic E-state index is 13.3. The van der Waals surface area contributed by atoms with Gasteiger partial charge in [-0.1, -0.05) is 0 Å². The fourth-order valence-electron chi connectivity index (χ4n) is 0.948. The first-order valence-corrected chi connectivity index (χ1v) is 4.35. The lowest BCUT2D eigenvalue weighted by Gasteiger charge is -2.07. The number of nitrogens with zero attached hydrogens (tertiary/aromatic N) is 2. The van der Waals surface area contributed by atoms with Crippen molar-refractivity contribution in [2.75, 3.05) is 18.4 Å². The molecule has 1 aromatic heterocycles. The van der Waals surface area contributed by atoms with E-state index >= 15 is 0 Å². The van der Waals surface area contributed by atoms with Gasteiger partial charge in [0.15, 0.2) is 11.6 Å². The molecule has 0 saturated heterocycles. The Morgan fingerprint density at radius 2 is 2.27 bits per heavy atom. The predicted molar refractivity (Wildman–Crippen MR) is 52.8 cm³/mol. The number of urea groups is 1. The zero-order valence-corrected chi connectivity index (χ0v) is 8.25. The van der Waals surface area contributed by atoms with Gasteiger partial charge < -0.3 is 16.4 Å². The number of hydrogen-bond donors (Lipinski definition) is 3. The second kappa shape index (κ2) is 5.08. The van der Waals surface area contributed by atoms with Crippen molar-refractivity contribution in [2.45, 2.75) is 6.92 Å². The predicted octanol–water partition coefficient (Wildman–Crippen LogP) is 0.00432. The van der Waals surface area contributed by atoms with Crippen LogP contribution >= 0.6 is 0 Å². The lowest BCUT2D eigenvalue weighted by Crippen LogP contribution is -2.33. The smallest absolute Gasteiger partial charge is 0.312 e. The van der Waals surface area contributed by atoms with Crippen LogP contribution in [0.5, 0.6) is 0 Å². The molecule has 0 aliphatic heterocycles. The van der Waals surface area contributed by atoms with Gasteiger partial charge >= 0.3 is 6.03 Å². The van der Waals surface area contributed by atoms with Crippen molar-refractivity contribution in [3.05, 3.63) is 17.8 Å². The van der Waals surface area contributed by atoms with Crippen molar-refractivity contribution in [1.82, 2.24) is 15.3 Å². The average Bonchev–Trinajstić information content (AvgIpc) is 2.18. The number of nitrogens with one attached hydrogen (secondary N) is 2. The van der Waals surface area contributed by atoms with Gasteiger partial charge in [-0.15, -0.1) is 0 Å². The van der Waals surface area contributed by atoms with Crippen LogP contribution in [0.3, 0.4) is 0 Å². The molecule has 7 heteroatoms. The average molecular weight is 213 g/mol. The fourth-order valence-corrected chi connectivity index (χ4v) is 0.948. The minimum atomic E-state index is -0.615. The maximum absolute atomic E-state index is 13.3. The van der Waals surface area contributed by atoms with Crippen LogP contribution in [0.1, 0.15) is 5.69 Å². The molecule has 0 atom stereocenters. The van der Waals surface area contributed by atoms with Crippen LogP contribution in [0.25, 0.3) is 0 Å². The Balaban J connectivity index is 2.44. The van der Waals surface area contributed by atoms with Gasteiger partial charge in [0.2, 0.25) is 0 Å². The Bertz CT molecular complexity index is 357. The highest BCUT2D eigenvalue weighted by Gasteiger charge is 2.05.